The zero-order valence-electron chi connectivity index (χ0n) is 14.3. The first-order valence-electron chi connectivity index (χ1n) is 8.94. The van der Waals surface area contributed by atoms with Gasteiger partial charge in [0, 0.05) is 11.3 Å². The topological polar surface area (TPSA) is 98.5 Å². The summed E-state index contributed by atoms with van der Waals surface area (Å²) in [6, 6.07) is 0. The fourth-order valence-electron chi connectivity index (χ4n) is 3.75. The molecule has 1 fully saturated rings. The number of thiophene rings is 1. The molecule has 0 aromatic carbocycles. The van der Waals surface area contributed by atoms with E-state index in [2.05, 4.69) is 5.32 Å². The molecule has 0 spiro atoms. The van der Waals surface area contributed by atoms with Gasteiger partial charge >= 0.3 is 5.97 Å². The molecule has 1 heterocycles. The van der Waals surface area contributed by atoms with Crippen LogP contribution in [-0.2, 0) is 27.2 Å². The summed E-state index contributed by atoms with van der Waals surface area (Å²) >= 11 is 1.39. The number of fused-ring (bicyclic) bond motifs is 1. The van der Waals surface area contributed by atoms with Gasteiger partial charge in [-0.05, 0) is 37.2 Å². The summed E-state index contributed by atoms with van der Waals surface area (Å²) in [4.78, 5) is 36.6. The van der Waals surface area contributed by atoms with Crippen molar-refractivity contribution >= 4 is 34.1 Å². The summed E-state index contributed by atoms with van der Waals surface area (Å²) in [5.41, 5.74) is 6.84. The first-order valence-corrected chi connectivity index (χ1v) is 9.76. The lowest BCUT2D eigenvalue weighted by molar-refractivity contribution is -0.147. The fourth-order valence-corrected chi connectivity index (χ4v) is 5.07. The van der Waals surface area contributed by atoms with Gasteiger partial charge in [-0.3, -0.25) is 14.4 Å². The maximum absolute atomic E-state index is 12.0. The third kappa shape index (κ3) is 4.39. The number of nitrogens with one attached hydrogen (secondary N) is 1. The summed E-state index contributed by atoms with van der Waals surface area (Å²) in [5, 5.41) is 3.15. The molecule has 1 aromatic heterocycles. The quantitative estimate of drug-likeness (QED) is 0.727. The summed E-state index contributed by atoms with van der Waals surface area (Å²) < 4.78 is 5.05. The van der Waals surface area contributed by atoms with Crippen LogP contribution in [0, 0.1) is 5.92 Å². The molecule has 3 rings (SSSR count). The number of anilines is 1. The number of hydrogen-bond acceptors (Lipinski definition) is 5. The third-order valence-corrected chi connectivity index (χ3v) is 6.22. The van der Waals surface area contributed by atoms with Gasteiger partial charge in [0.2, 0.25) is 0 Å². The van der Waals surface area contributed by atoms with Crippen molar-refractivity contribution in [2.24, 2.45) is 11.7 Å². The van der Waals surface area contributed by atoms with Crippen molar-refractivity contribution in [1.29, 1.82) is 0 Å². The highest BCUT2D eigenvalue weighted by Gasteiger charge is 2.26. The van der Waals surface area contributed by atoms with Crippen molar-refractivity contribution in [3.63, 3.8) is 0 Å². The molecule has 2 aliphatic rings. The number of nitrogens with two attached hydrogens (primary N) is 1. The van der Waals surface area contributed by atoms with Crippen LogP contribution < -0.4 is 11.1 Å². The number of aryl methyl sites for hydroxylation is 1. The zero-order valence-corrected chi connectivity index (χ0v) is 15.1. The van der Waals surface area contributed by atoms with Gasteiger partial charge in [-0.1, -0.05) is 25.7 Å². The minimum atomic E-state index is -0.525. The summed E-state index contributed by atoms with van der Waals surface area (Å²) in [7, 11) is 0. The van der Waals surface area contributed by atoms with E-state index in [0.29, 0.717) is 22.9 Å². The lowest BCUT2D eigenvalue weighted by atomic mass is 10.0. The molecule has 1 saturated carbocycles. The Hall–Kier alpha value is -1.89. The Morgan fingerprint density at radius 3 is 2.64 bits per heavy atom. The van der Waals surface area contributed by atoms with Crippen LogP contribution in [0.5, 0.6) is 0 Å². The molecule has 136 valence electrons. The molecule has 0 atom stereocenters. The van der Waals surface area contributed by atoms with Crippen molar-refractivity contribution in [3.8, 4) is 0 Å². The third-order valence-electron chi connectivity index (χ3n) is 5.02. The van der Waals surface area contributed by atoms with Gasteiger partial charge in [-0.15, -0.1) is 11.3 Å². The molecule has 0 radical (unpaired) electrons. The van der Waals surface area contributed by atoms with E-state index in [9.17, 15) is 14.4 Å². The van der Waals surface area contributed by atoms with Gasteiger partial charge in [0.05, 0.1) is 5.56 Å². The maximum Gasteiger partial charge on any atom is 0.306 e. The number of hydrogen-bond donors (Lipinski definition) is 2. The SMILES string of the molecule is NC(=O)c1c(NC(=O)COC(=O)CCC2CCCC2)sc2c1CCC2. The summed E-state index contributed by atoms with van der Waals surface area (Å²) in [6.45, 7) is -0.329. The van der Waals surface area contributed by atoms with Crippen molar-refractivity contribution < 1.29 is 19.1 Å². The average molecular weight is 364 g/mol. The molecule has 0 unspecified atom stereocenters. The van der Waals surface area contributed by atoms with E-state index in [0.717, 1.165) is 36.1 Å². The highest BCUT2D eigenvalue weighted by Crippen LogP contribution is 2.38. The second-order valence-electron chi connectivity index (χ2n) is 6.82. The van der Waals surface area contributed by atoms with E-state index in [1.54, 1.807) is 0 Å². The number of ether oxygens (including phenoxy) is 1. The van der Waals surface area contributed by atoms with E-state index in [4.69, 9.17) is 10.5 Å². The van der Waals surface area contributed by atoms with E-state index < -0.39 is 11.8 Å². The predicted molar refractivity (Wildman–Crippen MR) is 95.6 cm³/mol. The molecule has 25 heavy (non-hydrogen) atoms. The monoisotopic (exact) mass is 364 g/mol. The van der Waals surface area contributed by atoms with Gasteiger partial charge in [0.15, 0.2) is 6.61 Å². The van der Waals surface area contributed by atoms with Crippen molar-refractivity contribution in [2.75, 3.05) is 11.9 Å². The van der Waals surface area contributed by atoms with Crippen molar-refractivity contribution in [1.82, 2.24) is 0 Å². The molecule has 0 saturated heterocycles. The number of carbonyl (C=O) groups excluding carboxylic acids is 3. The molecule has 6 nitrogen and oxygen atoms in total. The predicted octanol–water partition coefficient (Wildman–Crippen LogP) is 2.79. The normalized spacial score (nSPS) is 16.6. The Labute approximate surface area is 151 Å². The lowest BCUT2D eigenvalue weighted by Gasteiger charge is -2.09. The van der Waals surface area contributed by atoms with Crippen LogP contribution in [0.25, 0.3) is 0 Å². The van der Waals surface area contributed by atoms with Crippen LogP contribution in [0.3, 0.4) is 0 Å². The average Bonchev–Trinajstić information content (AvgIpc) is 3.27. The van der Waals surface area contributed by atoms with E-state index in [1.807, 2.05) is 0 Å². The molecule has 1 aromatic rings. The molecule has 2 aliphatic carbocycles. The van der Waals surface area contributed by atoms with Crippen LogP contribution in [0.1, 0.15) is 65.7 Å². The van der Waals surface area contributed by atoms with Gasteiger partial charge in [-0.25, -0.2) is 0 Å². The maximum atomic E-state index is 12.0. The standard InChI is InChI=1S/C18H24N2O4S/c19-17(23)16-12-6-3-7-13(12)25-18(16)20-14(21)10-24-15(22)9-8-11-4-1-2-5-11/h11H,1-10H2,(H2,19,23)(H,20,21). The van der Waals surface area contributed by atoms with Gasteiger partial charge < -0.3 is 15.8 Å². The molecular weight excluding hydrogens is 340 g/mol. The zero-order chi connectivity index (χ0) is 17.8. The smallest absolute Gasteiger partial charge is 0.306 e. The Kier molecular flexibility index (Phi) is 5.73. The first-order chi connectivity index (χ1) is 12.0. The Bertz CT molecular complexity index is 677. The van der Waals surface area contributed by atoms with Crippen molar-refractivity contribution in [3.05, 3.63) is 16.0 Å². The molecule has 0 aliphatic heterocycles. The fraction of sp³-hybridized carbons (Fsp3) is 0.611. The molecule has 2 amide bonds. The van der Waals surface area contributed by atoms with E-state index in [1.165, 1.54) is 37.0 Å². The minimum Gasteiger partial charge on any atom is -0.456 e. The highest BCUT2D eigenvalue weighted by atomic mass is 32.1. The molecule has 7 heteroatoms. The number of carbonyl (C=O) groups is 3. The number of rotatable bonds is 7. The number of amides is 2. The minimum absolute atomic E-state index is 0.329. The second kappa shape index (κ2) is 7.99. The van der Waals surface area contributed by atoms with Crippen LogP contribution in [-0.4, -0.2) is 24.4 Å². The Balaban J connectivity index is 1.48. The van der Waals surface area contributed by atoms with Crippen LogP contribution in [0.15, 0.2) is 0 Å². The van der Waals surface area contributed by atoms with Gasteiger partial charge in [-0.2, -0.15) is 0 Å². The number of primary amides is 1. The van der Waals surface area contributed by atoms with Crippen LogP contribution >= 0.6 is 11.3 Å². The largest absolute Gasteiger partial charge is 0.456 e. The molecular formula is C18H24N2O4S. The summed E-state index contributed by atoms with van der Waals surface area (Å²) in [6.07, 6.45) is 8.79. The molecule has 0 bridgehead atoms. The van der Waals surface area contributed by atoms with Crippen molar-refractivity contribution in [2.45, 2.75) is 57.8 Å². The van der Waals surface area contributed by atoms with Crippen LogP contribution in [0.2, 0.25) is 0 Å². The second-order valence-corrected chi connectivity index (χ2v) is 7.93. The Morgan fingerprint density at radius 2 is 1.92 bits per heavy atom. The highest BCUT2D eigenvalue weighted by molar-refractivity contribution is 7.17. The lowest BCUT2D eigenvalue weighted by Crippen LogP contribution is -2.22. The number of esters is 1. The first kappa shape index (κ1) is 17.9. The van der Waals surface area contributed by atoms with Crippen LogP contribution in [0.4, 0.5) is 5.00 Å². The Morgan fingerprint density at radius 1 is 1.16 bits per heavy atom. The van der Waals surface area contributed by atoms with E-state index >= 15 is 0 Å². The van der Waals surface area contributed by atoms with Gasteiger partial charge in [0.1, 0.15) is 5.00 Å². The van der Waals surface area contributed by atoms with E-state index in [-0.39, 0.29) is 12.6 Å². The summed E-state index contributed by atoms with van der Waals surface area (Å²) in [5.74, 6) is -0.682. The molecule has 3 N–H and O–H groups in total. The van der Waals surface area contributed by atoms with Gasteiger partial charge in [0.25, 0.3) is 11.8 Å².